The van der Waals surface area contributed by atoms with E-state index in [0.717, 1.165) is 0 Å². The topological polar surface area (TPSA) is 102 Å². The first-order valence-electron chi connectivity index (χ1n) is 8.29. The maximum absolute atomic E-state index is 14.5. The number of halogens is 1. The molecule has 27 heavy (non-hydrogen) atoms. The summed E-state index contributed by atoms with van der Waals surface area (Å²) in [5.74, 6) is -0.877. The molecule has 1 atom stereocenters. The summed E-state index contributed by atoms with van der Waals surface area (Å²) in [4.78, 5) is 36.8. The Bertz CT molecular complexity index is 964. The molecule has 7 nitrogen and oxygen atoms in total. The molecule has 0 bridgehead atoms. The van der Waals surface area contributed by atoms with Crippen LogP contribution in [0.25, 0.3) is 0 Å². The molecule has 0 unspecified atom stereocenters. The van der Waals surface area contributed by atoms with E-state index in [1.807, 2.05) is 0 Å². The first-order valence-corrected chi connectivity index (χ1v) is 8.29. The monoisotopic (exact) mass is 371 g/mol. The third kappa shape index (κ3) is 3.95. The lowest BCUT2D eigenvalue weighted by Gasteiger charge is -2.14. The number of rotatable bonds is 5. The van der Waals surface area contributed by atoms with Gasteiger partial charge in [0.1, 0.15) is 11.9 Å². The zero-order valence-electron chi connectivity index (χ0n) is 14.6. The number of hydrogen-bond donors (Lipinski definition) is 2. The molecule has 0 saturated carbocycles. The Kier molecular flexibility index (Phi) is 5.18. The van der Waals surface area contributed by atoms with Crippen molar-refractivity contribution in [2.24, 2.45) is 5.73 Å². The third-order valence-corrected chi connectivity index (χ3v) is 4.17. The van der Waals surface area contributed by atoms with Crippen molar-refractivity contribution >= 4 is 28.9 Å². The van der Waals surface area contributed by atoms with E-state index < -0.39 is 18.0 Å². The van der Waals surface area contributed by atoms with Gasteiger partial charge in [0.05, 0.1) is 23.6 Å². The second-order valence-electron chi connectivity index (χ2n) is 6.10. The Morgan fingerprint density at radius 3 is 2.67 bits per heavy atom. The Labute approximate surface area is 154 Å². The molecule has 140 valence electrons. The van der Waals surface area contributed by atoms with Crippen LogP contribution in [0.15, 0.2) is 47.3 Å². The highest BCUT2D eigenvalue weighted by molar-refractivity contribution is 5.95. The fourth-order valence-corrected chi connectivity index (χ4v) is 2.69. The van der Waals surface area contributed by atoms with Crippen molar-refractivity contribution in [2.45, 2.75) is 13.0 Å². The van der Waals surface area contributed by atoms with Gasteiger partial charge in [0.2, 0.25) is 5.43 Å². The lowest BCUT2D eigenvalue weighted by molar-refractivity contribution is 0.101. The number of hydrogen-bond acceptors (Lipinski definition) is 6. The highest BCUT2D eigenvalue weighted by Crippen LogP contribution is 2.27. The van der Waals surface area contributed by atoms with Crippen LogP contribution in [0.1, 0.15) is 17.3 Å². The summed E-state index contributed by atoms with van der Waals surface area (Å²) in [7, 11) is 0. The minimum absolute atomic E-state index is 0.0412. The van der Waals surface area contributed by atoms with E-state index in [-0.39, 0.29) is 35.7 Å². The normalized spacial score (nSPS) is 16.2. The summed E-state index contributed by atoms with van der Waals surface area (Å²) in [6, 6.07) is 9.76. The predicted octanol–water partition coefficient (Wildman–Crippen LogP) is 2.42. The van der Waals surface area contributed by atoms with E-state index >= 15 is 0 Å². The molecular weight excluding hydrogens is 353 g/mol. The molecule has 0 aromatic heterocycles. The van der Waals surface area contributed by atoms with Crippen molar-refractivity contribution in [3.05, 3.63) is 64.1 Å². The lowest BCUT2D eigenvalue weighted by Crippen LogP contribution is -2.27. The van der Waals surface area contributed by atoms with Gasteiger partial charge in [0.25, 0.3) is 0 Å². The van der Waals surface area contributed by atoms with Gasteiger partial charge < -0.3 is 15.8 Å². The first-order chi connectivity index (χ1) is 12.9. The van der Waals surface area contributed by atoms with Gasteiger partial charge in [-0.1, -0.05) is 12.1 Å². The zero-order chi connectivity index (χ0) is 19.6. The summed E-state index contributed by atoms with van der Waals surface area (Å²) >= 11 is 0. The van der Waals surface area contributed by atoms with Crippen LogP contribution in [0, 0.1) is 5.82 Å². The molecular formula is C19H18FN3O4. The highest BCUT2D eigenvalue weighted by atomic mass is 19.1. The Hall–Kier alpha value is -3.26. The van der Waals surface area contributed by atoms with Crippen molar-refractivity contribution in [1.82, 2.24) is 0 Å². The number of nitrogens with two attached hydrogens (primary N) is 1. The van der Waals surface area contributed by atoms with E-state index in [1.165, 1.54) is 54.3 Å². The SMILES string of the molecule is CC(=O)c1cccc(=O)c(Nc2ccc(N3C[C@H](CN)OC3=O)cc2F)c1. The molecule has 1 saturated heterocycles. The Morgan fingerprint density at radius 1 is 1.26 bits per heavy atom. The zero-order valence-corrected chi connectivity index (χ0v) is 14.6. The quantitative estimate of drug-likeness (QED) is 0.783. The van der Waals surface area contributed by atoms with Gasteiger partial charge in [-0.3, -0.25) is 14.5 Å². The maximum Gasteiger partial charge on any atom is 0.414 e. The van der Waals surface area contributed by atoms with E-state index in [4.69, 9.17) is 10.5 Å². The molecule has 0 radical (unpaired) electrons. The Balaban J connectivity index is 1.89. The van der Waals surface area contributed by atoms with E-state index in [2.05, 4.69) is 5.32 Å². The first kappa shape index (κ1) is 18.5. The lowest BCUT2D eigenvalue weighted by atomic mass is 10.2. The predicted molar refractivity (Wildman–Crippen MR) is 99.1 cm³/mol. The molecule has 1 amide bonds. The summed E-state index contributed by atoms with van der Waals surface area (Å²) in [5, 5.41) is 2.71. The number of benzene rings is 1. The van der Waals surface area contributed by atoms with Crippen LogP contribution < -0.4 is 21.4 Å². The maximum atomic E-state index is 14.5. The molecule has 8 heteroatoms. The van der Waals surface area contributed by atoms with E-state index in [0.29, 0.717) is 11.3 Å². The van der Waals surface area contributed by atoms with Crippen LogP contribution in [0.2, 0.25) is 0 Å². The van der Waals surface area contributed by atoms with Crippen LogP contribution in [-0.4, -0.2) is 31.1 Å². The number of nitrogens with one attached hydrogen (secondary N) is 1. The van der Waals surface area contributed by atoms with Gasteiger partial charge in [0.15, 0.2) is 5.78 Å². The largest absolute Gasteiger partial charge is 0.443 e. The van der Waals surface area contributed by atoms with E-state index in [1.54, 1.807) is 0 Å². The number of Topliss-reactive ketones (excluding diaryl/α,β-unsaturated/α-hetero) is 1. The number of cyclic esters (lactones) is 1. The van der Waals surface area contributed by atoms with Crippen molar-refractivity contribution in [3.8, 4) is 0 Å². The minimum Gasteiger partial charge on any atom is -0.443 e. The number of nitrogens with zero attached hydrogens (tertiary/aromatic N) is 1. The highest BCUT2D eigenvalue weighted by Gasteiger charge is 2.31. The summed E-state index contributed by atoms with van der Waals surface area (Å²) in [5.41, 5.74) is 5.86. The van der Waals surface area contributed by atoms with Crippen molar-refractivity contribution in [3.63, 3.8) is 0 Å². The summed E-state index contributed by atoms with van der Waals surface area (Å²) in [6.45, 7) is 1.80. The van der Waals surface area contributed by atoms with Crippen molar-refractivity contribution in [2.75, 3.05) is 23.3 Å². The van der Waals surface area contributed by atoms with Gasteiger partial charge in [-0.25, -0.2) is 9.18 Å². The Morgan fingerprint density at radius 2 is 2.04 bits per heavy atom. The van der Waals surface area contributed by atoms with Gasteiger partial charge in [-0.2, -0.15) is 0 Å². The van der Waals surface area contributed by atoms with Crippen molar-refractivity contribution in [1.29, 1.82) is 0 Å². The number of anilines is 3. The van der Waals surface area contributed by atoms with Gasteiger partial charge in [-0.05, 0) is 37.3 Å². The molecule has 3 rings (SSSR count). The molecule has 3 N–H and O–H groups in total. The third-order valence-electron chi connectivity index (χ3n) is 4.17. The second-order valence-corrected chi connectivity index (χ2v) is 6.10. The fourth-order valence-electron chi connectivity index (χ4n) is 2.69. The average molecular weight is 371 g/mol. The number of carbonyl (C=O) groups excluding carboxylic acids is 2. The van der Waals surface area contributed by atoms with Gasteiger partial charge >= 0.3 is 6.09 Å². The minimum atomic E-state index is -0.660. The van der Waals surface area contributed by atoms with E-state index in [9.17, 15) is 18.8 Å². The number of ether oxygens (including phenoxy) is 1. The van der Waals surface area contributed by atoms with Crippen LogP contribution >= 0.6 is 0 Å². The number of ketones is 1. The molecule has 2 aromatic rings. The fraction of sp³-hybridized carbons (Fsp3) is 0.211. The molecule has 2 aromatic carbocycles. The molecule has 0 spiro atoms. The second kappa shape index (κ2) is 7.55. The molecule has 1 aliphatic heterocycles. The molecule has 0 aliphatic carbocycles. The summed E-state index contributed by atoms with van der Waals surface area (Å²) < 4.78 is 19.6. The van der Waals surface area contributed by atoms with Crippen molar-refractivity contribution < 1.29 is 18.7 Å². The summed E-state index contributed by atoms with van der Waals surface area (Å²) in [6.07, 6.45) is -1.02. The van der Waals surface area contributed by atoms with Gasteiger partial charge in [0, 0.05) is 12.1 Å². The van der Waals surface area contributed by atoms with Gasteiger partial charge in [-0.15, -0.1) is 0 Å². The van der Waals surface area contributed by atoms with Crippen LogP contribution in [0.3, 0.4) is 0 Å². The average Bonchev–Trinajstić information content (AvgIpc) is 2.91. The molecule has 1 heterocycles. The van der Waals surface area contributed by atoms with Crippen LogP contribution in [-0.2, 0) is 4.74 Å². The molecule has 1 fully saturated rings. The standard InChI is InChI=1S/C19H18FN3O4/c1-11(24)12-3-2-4-18(25)17(7-12)22-16-6-5-13(8-15(16)20)23-10-14(9-21)27-19(23)26/h2-8,14H,9-10,21H2,1H3,(H,22,25)/t14-/m0/s1. The molecule has 1 aliphatic rings. The number of amides is 1. The van der Waals surface area contributed by atoms with Crippen LogP contribution in [0.4, 0.5) is 26.2 Å². The number of carbonyl (C=O) groups is 2. The smallest absolute Gasteiger partial charge is 0.414 e. The van der Waals surface area contributed by atoms with Crippen LogP contribution in [0.5, 0.6) is 0 Å².